The molecule has 0 bridgehead atoms. The number of nitrogens with one attached hydrogen (secondary N) is 2. The number of amides is 2. The molecule has 0 aromatic carbocycles. The molecule has 2 heterocycles. The number of thioether (sulfide) groups is 1. The fourth-order valence-electron chi connectivity index (χ4n) is 1.84. The van der Waals surface area contributed by atoms with E-state index in [1.807, 2.05) is 13.8 Å². The maximum absolute atomic E-state index is 11.9. The minimum absolute atomic E-state index is 0.156. The lowest BCUT2D eigenvalue weighted by molar-refractivity contribution is -0.114. The van der Waals surface area contributed by atoms with Gasteiger partial charge in [0.1, 0.15) is 11.6 Å². The SMILES string of the molecule is Cc1cc(NC(=O)CSCC(=O)Nc2ccnn2C(C)C)no1. The zero-order valence-corrected chi connectivity index (χ0v) is 14.0. The zero-order chi connectivity index (χ0) is 16.8. The van der Waals surface area contributed by atoms with Crippen molar-refractivity contribution in [3.63, 3.8) is 0 Å². The molecular weight excluding hydrogens is 318 g/mol. The summed E-state index contributed by atoms with van der Waals surface area (Å²) < 4.78 is 6.58. The lowest BCUT2D eigenvalue weighted by atomic mass is 10.4. The van der Waals surface area contributed by atoms with Crippen molar-refractivity contribution in [3.8, 4) is 0 Å². The highest BCUT2D eigenvalue weighted by atomic mass is 32.2. The highest BCUT2D eigenvalue weighted by Crippen LogP contribution is 2.14. The van der Waals surface area contributed by atoms with Gasteiger partial charge in [0.15, 0.2) is 5.82 Å². The third-order valence-electron chi connectivity index (χ3n) is 2.79. The molecule has 124 valence electrons. The van der Waals surface area contributed by atoms with Crippen LogP contribution in [0.4, 0.5) is 11.6 Å². The monoisotopic (exact) mass is 337 g/mol. The number of aryl methyl sites for hydroxylation is 1. The molecule has 0 saturated carbocycles. The summed E-state index contributed by atoms with van der Waals surface area (Å²) in [6.45, 7) is 5.70. The van der Waals surface area contributed by atoms with Crippen molar-refractivity contribution in [3.05, 3.63) is 24.1 Å². The highest BCUT2D eigenvalue weighted by molar-refractivity contribution is 8.00. The quantitative estimate of drug-likeness (QED) is 0.802. The summed E-state index contributed by atoms with van der Waals surface area (Å²) in [7, 11) is 0. The average Bonchev–Trinajstić information content (AvgIpc) is 3.08. The van der Waals surface area contributed by atoms with Crippen molar-refractivity contribution in [2.75, 3.05) is 22.1 Å². The van der Waals surface area contributed by atoms with Crippen LogP contribution in [0.15, 0.2) is 22.9 Å². The molecule has 2 amide bonds. The molecule has 0 aliphatic heterocycles. The number of anilines is 2. The Balaban J connectivity index is 1.72. The molecule has 0 saturated heterocycles. The van der Waals surface area contributed by atoms with Crippen LogP contribution in [0.5, 0.6) is 0 Å². The van der Waals surface area contributed by atoms with Crippen molar-refractivity contribution in [2.45, 2.75) is 26.8 Å². The van der Waals surface area contributed by atoms with Crippen LogP contribution in [-0.4, -0.2) is 38.3 Å². The first-order chi connectivity index (χ1) is 11.0. The van der Waals surface area contributed by atoms with Crippen molar-refractivity contribution in [1.82, 2.24) is 14.9 Å². The van der Waals surface area contributed by atoms with Crippen LogP contribution in [0.3, 0.4) is 0 Å². The van der Waals surface area contributed by atoms with Crippen molar-refractivity contribution in [1.29, 1.82) is 0 Å². The maximum Gasteiger partial charge on any atom is 0.235 e. The highest BCUT2D eigenvalue weighted by Gasteiger charge is 2.11. The number of carbonyl (C=O) groups excluding carboxylic acids is 2. The van der Waals surface area contributed by atoms with E-state index in [0.717, 1.165) is 0 Å². The van der Waals surface area contributed by atoms with Crippen LogP contribution >= 0.6 is 11.8 Å². The van der Waals surface area contributed by atoms with Crippen LogP contribution in [-0.2, 0) is 9.59 Å². The number of nitrogens with zero attached hydrogens (tertiary/aromatic N) is 3. The van der Waals surface area contributed by atoms with Gasteiger partial charge in [-0.15, -0.1) is 11.8 Å². The Hall–Kier alpha value is -2.29. The second-order valence-electron chi connectivity index (χ2n) is 5.17. The van der Waals surface area contributed by atoms with E-state index in [1.165, 1.54) is 11.8 Å². The zero-order valence-electron chi connectivity index (χ0n) is 13.2. The second-order valence-corrected chi connectivity index (χ2v) is 6.15. The summed E-state index contributed by atoms with van der Waals surface area (Å²) in [5.41, 5.74) is 0. The van der Waals surface area contributed by atoms with Gasteiger partial charge >= 0.3 is 0 Å². The molecule has 2 rings (SSSR count). The Bertz CT molecular complexity index is 680. The topological polar surface area (TPSA) is 102 Å². The first-order valence-corrected chi connectivity index (χ1v) is 8.25. The van der Waals surface area contributed by atoms with E-state index in [-0.39, 0.29) is 29.4 Å². The molecule has 0 fully saturated rings. The second kappa shape index (κ2) is 7.82. The molecular formula is C14H19N5O3S. The Morgan fingerprint density at radius 3 is 2.61 bits per heavy atom. The molecule has 0 unspecified atom stereocenters. The molecule has 0 aliphatic carbocycles. The minimum Gasteiger partial charge on any atom is -0.360 e. The van der Waals surface area contributed by atoms with Crippen LogP contribution in [0.25, 0.3) is 0 Å². The van der Waals surface area contributed by atoms with E-state index < -0.39 is 0 Å². The van der Waals surface area contributed by atoms with Crippen LogP contribution in [0, 0.1) is 6.92 Å². The van der Waals surface area contributed by atoms with E-state index in [4.69, 9.17) is 4.52 Å². The van der Waals surface area contributed by atoms with E-state index in [2.05, 4.69) is 20.9 Å². The van der Waals surface area contributed by atoms with Crippen LogP contribution < -0.4 is 10.6 Å². The molecule has 0 spiro atoms. The number of carbonyl (C=O) groups is 2. The van der Waals surface area contributed by atoms with Gasteiger partial charge in [-0.25, -0.2) is 4.68 Å². The van der Waals surface area contributed by atoms with E-state index >= 15 is 0 Å². The molecule has 9 heteroatoms. The lowest BCUT2D eigenvalue weighted by Gasteiger charge is -2.11. The lowest BCUT2D eigenvalue weighted by Crippen LogP contribution is -2.20. The van der Waals surface area contributed by atoms with Gasteiger partial charge in [-0.2, -0.15) is 5.10 Å². The first kappa shape index (κ1) is 17.1. The predicted molar refractivity (Wildman–Crippen MR) is 88.4 cm³/mol. The first-order valence-electron chi connectivity index (χ1n) is 7.10. The fourth-order valence-corrected chi connectivity index (χ4v) is 2.46. The Morgan fingerprint density at radius 2 is 2.00 bits per heavy atom. The number of rotatable bonds is 7. The van der Waals surface area contributed by atoms with Gasteiger partial charge in [-0.3, -0.25) is 9.59 Å². The van der Waals surface area contributed by atoms with E-state index in [0.29, 0.717) is 17.4 Å². The molecule has 8 nitrogen and oxygen atoms in total. The van der Waals surface area contributed by atoms with Gasteiger partial charge in [0.05, 0.1) is 17.7 Å². The summed E-state index contributed by atoms with van der Waals surface area (Å²) in [6.07, 6.45) is 1.64. The number of hydrogen-bond donors (Lipinski definition) is 2. The third kappa shape index (κ3) is 5.13. The van der Waals surface area contributed by atoms with E-state index in [9.17, 15) is 9.59 Å². The van der Waals surface area contributed by atoms with Gasteiger partial charge < -0.3 is 15.2 Å². The predicted octanol–water partition coefficient (Wildman–Crippen LogP) is 2.07. The fraction of sp³-hybridized carbons (Fsp3) is 0.429. The van der Waals surface area contributed by atoms with Gasteiger partial charge in [0, 0.05) is 18.2 Å². The molecule has 23 heavy (non-hydrogen) atoms. The smallest absolute Gasteiger partial charge is 0.235 e. The van der Waals surface area contributed by atoms with Crippen molar-refractivity contribution >= 4 is 35.2 Å². The van der Waals surface area contributed by atoms with Crippen molar-refractivity contribution < 1.29 is 14.1 Å². The number of hydrogen-bond acceptors (Lipinski definition) is 6. The Morgan fingerprint density at radius 1 is 1.30 bits per heavy atom. The Kier molecular flexibility index (Phi) is 5.80. The summed E-state index contributed by atoms with van der Waals surface area (Å²) in [5, 5.41) is 13.2. The maximum atomic E-state index is 11.9. The largest absolute Gasteiger partial charge is 0.360 e. The summed E-state index contributed by atoms with van der Waals surface area (Å²) in [5.74, 6) is 1.56. The van der Waals surface area contributed by atoms with Gasteiger partial charge in [0.25, 0.3) is 0 Å². The van der Waals surface area contributed by atoms with Crippen LogP contribution in [0.1, 0.15) is 25.6 Å². The summed E-state index contributed by atoms with van der Waals surface area (Å²) in [6, 6.07) is 3.52. The molecule has 2 N–H and O–H groups in total. The van der Waals surface area contributed by atoms with Crippen LogP contribution in [0.2, 0.25) is 0 Å². The van der Waals surface area contributed by atoms with E-state index in [1.54, 1.807) is 29.9 Å². The molecule has 0 atom stereocenters. The normalized spacial score (nSPS) is 10.8. The molecule has 0 radical (unpaired) electrons. The van der Waals surface area contributed by atoms with Gasteiger partial charge in [0.2, 0.25) is 11.8 Å². The third-order valence-corrected chi connectivity index (χ3v) is 3.72. The summed E-state index contributed by atoms with van der Waals surface area (Å²) >= 11 is 1.22. The van der Waals surface area contributed by atoms with Crippen molar-refractivity contribution in [2.24, 2.45) is 0 Å². The summed E-state index contributed by atoms with van der Waals surface area (Å²) in [4.78, 5) is 23.6. The average molecular weight is 337 g/mol. The molecule has 0 aliphatic rings. The Labute approximate surface area is 138 Å². The van der Waals surface area contributed by atoms with Gasteiger partial charge in [-0.1, -0.05) is 5.16 Å². The van der Waals surface area contributed by atoms with Gasteiger partial charge in [-0.05, 0) is 20.8 Å². The standard InChI is InChI=1S/C14H19N5O3S/c1-9(2)19-12(4-5-15-19)17-14(21)8-23-7-13(20)16-11-6-10(3)22-18-11/h4-6,9H,7-8H2,1-3H3,(H,17,21)(H,16,18,20). The minimum atomic E-state index is -0.233. The number of aromatic nitrogens is 3. The molecule has 2 aromatic heterocycles. The molecule has 2 aromatic rings.